The third-order valence-electron chi connectivity index (χ3n) is 2.78. The summed E-state index contributed by atoms with van der Waals surface area (Å²) in [5, 5.41) is 15.5. The molecule has 1 aromatic carbocycles. The molecule has 0 bridgehead atoms. The molecule has 6 nitrogen and oxygen atoms in total. The van der Waals surface area contributed by atoms with Crippen molar-refractivity contribution in [1.82, 2.24) is 10.6 Å². The molecule has 3 N–H and O–H groups in total. The first-order valence-corrected chi connectivity index (χ1v) is 7.29. The van der Waals surface area contributed by atoms with Gasteiger partial charge in [0.2, 0.25) is 0 Å². The van der Waals surface area contributed by atoms with Gasteiger partial charge in [0.25, 0.3) is 5.91 Å². The van der Waals surface area contributed by atoms with E-state index in [1.165, 1.54) is 0 Å². The summed E-state index contributed by atoms with van der Waals surface area (Å²) >= 11 is 0. The topological polar surface area (TPSA) is 79.8 Å². The number of nitrogens with one attached hydrogen (secondary N) is 2. The number of amides is 1. The number of aliphatic hydroxyl groups is 1. The highest BCUT2D eigenvalue weighted by molar-refractivity contribution is 5.77. The van der Waals surface area contributed by atoms with Crippen LogP contribution >= 0.6 is 0 Å². The predicted molar refractivity (Wildman–Crippen MR) is 85.3 cm³/mol. The van der Waals surface area contributed by atoms with Crippen LogP contribution < -0.4 is 20.1 Å². The maximum absolute atomic E-state index is 11.1. The molecule has 0 aromatic heterocycles. The molecule has 6 heteroatoms. The fraction of sp³-hybridized carbons (Fsp3) is 0.562. The van der Waals surface area contributed by atoms with Gasteiger partial charge in [-0.15, -0.1) is 0 Å². The average Bonchev–Trinajstić information content (AvgIpc) is 2.48. The second kappa shape index (κ2) is 8.60. The first kappa shape index (κ1) is 18.3. The van der Waals surface area contributed by atoms with Crippen molar-refractivity contribution < 1.29 is 19.4 Å². The molecule has 1 amide bonds. The summed E-state index contributed by atoms with van der Waals surface area (Å²) < 4.78 is 10.8. The number of aliphatic hydroxyl groups excluding tert-OH is 1. The van der Waals surface area contributed by atoms with E-state index >= 15 is 0 Å². The molecular formula is C16H26N2O4. The van der Waals surface area contributed by atoms with Gasteiger partial charge in [-0.1, -0.05) is 0 Å². The number of benzene rings is 1. The number of carbonyl (C=O) groups is 1. The van der Waals surface area contributed by atoms with E-state index in [4.69, 9.17) is 9.47 Å². The summed E-state index contributed by atoms with van der Waals surface area (Å²) in [6.45, 7) is 6.78. The Bertz CT molecular complexity index is 454. The third kappa shape index (κ3) is 7.85. The lowest BCUT2D eigenvalue weighted by Gasteiger charge is -2.23. The van der Waals surface area contributed by atoms with Crippen molar-refractivity contribution in [3.05, 3.63) is 24.3 Å². The van der Waals surface area contributed by atoms with Crippen LogP contribution in [0.5, 0.6) is 11.5 Å². The van der Waals surface area contributed by atoms with Crippen LogP contribution in [0.25, 0.3) is 0 Å². The van der Waals surface area contributed by atoms with Crippen molar-refractivity contribution in [2.45, 2.75) is 32.4 Å². The van der Waals surface area contributed by atoms with Crippen LogP contribution in [0.1, 0.15) is 20.8 Å². The Morgan fingerprint density at radius 3 is 2.23 bits per heavy atom. The molecular weight excluding hydrogens is 284 g/mol. The maximum Gasteiger partial charge on any atom is 0.257 e. The molecule has 0 saturated carbocycles. The van der Waals surface area contributed by atoms with Crippen molar-refractivity contribution in [2.24, 2.45) is 0 Å². The molecule has 22 heavy (non-hydrogen) atoms. The molecule has 0 spiro atoms. The zero-order valence-corrected chi connectivity index (χ0v) is 13.7. The normalized spacial score (nSPS) is 12.6. The molecule has 1 rings (SSSR count). The Balaban J connectivity index is 2.33. The maximum atomic E-state index is 11.1. The van der Waals surface area contributed by atoms with Gasteiger partial charge in [-0.2, -0.15) is 0 Å². The molecule has 0 fully saturated rings. The standard InChI is InChI=1S/C16H26N2O4/c1-16(2,3)18-9-12(19)10-21-13-5-7-14(8-6-13)22-11-15(20)17-4/h5-8,12,18-19H,9-11H2,1-4H3,(H,17,20). The van der Waals surface area contributed by atoms with Crippen LogP contribution in [0.4, 0.5) is 0 Å². The fourth-order valence-electron chi connectivity index (χ4n) is 1.53. The van der Waals surface area contributed by atoms with E-state index in [0.717, 1.165) is 0 Å². The smallest absolute Gasteiger partial charge is 0.257 e. The molecule has 1 aromatic rings. The second-order valence-electron chi connectivity index (χ2n) is 6.03. The molecule has 0 aliphatic heterocycles. The lowest BCUT2D eigenvalue weighted by Crippen LogP contribution is -2.42. The Morgan fingerprint density at radius 2 is 1.73 bits per heavy atom. The van der Waals surface area contributed by atoms with Gasteiger partial charge in [0.05, 0.1) is 0 Å². The SMILES string of the molecule is CNC(=O)COc1ccc(OCC(O)CNC(C)(C)C)cc1. The summed E-state index contributed by atoms with van der Waals surface area (Å²) in [5.74, 6) is 1.04. The zero-order chi connectivity index (χ0) is 16.6. The minimum absolute atomic E-state index is 0.0199. The number of likely N-dealkylation sites (N-methyl/N-ethyl adjacent to an activating group) is 1. The Hall–Kier alpha value is -1.79. The molecule has 1 unspecified atom stereocenters. The molecule has 0 heterocycles. The quantitative estimate of drug-likeness (QED) is 0.666. The third-order valence-corrected chi connectivity index (χ3v) is 2.78. The number of hydrogen-bond acceptors (Lipinski definition) is 5. The van der Waals surface area contributed by atoms with Gasteiger partial charge < -0.3 is 25.2 Å². The van der Waals surface area contributed by atoms with E-state index in [-0.39, 0.29) is 24.7 Å². The van der Waals surface area contributed by atoms with Gasteiger partial charge in [0, 0.05) is 19.1 Å². The lowest BCUT2D eigenvalue weighted by molar-refractivity contribution is -0.122. The van der Waals surface area contributed by atoms with Gasteiger partial charge in [0.15, 0.2) is 6.61 Å². The first-order chi connectivity index (χ1) is 10.3. The second-order valence-corrected chi connectivity index (χ2v) is 6.03. The van der Waals surface area contributed by atoms with Gasteiger partial charge in [-0.05, 0) is 45.0 Å². The summed E-state index contributed by atoms with van der Waals surface area (Å²) in [5.41, 5.74) is -0.0370. The molecule has 0 aliphatic carbocycles. The van der Waals surface area contributed by atoms with Crippen molar-refractivity contribution in [3.63, 3.8) is 0 Å². The number of rotatable bonds is 8. The van der Waals surface area contributed by atoms with E-state index in [0.29, 0.717) is 18.0 Å². The van der Waals surface area contributed by atoms with Gasteiger partial charge in [0.1, 0.15) is 24.2 Å². The van der Waals surface area contributed by atoms with Gasteiger partial charge in [-0.3, -0.25) is 4.79 Å². The van der Waals surface area contributed by atoms with Crippen molar-refractivity contribution in [2.75, 3.05) is 26.8 Å². The van der Waals surface area contributed by atoms with Crippen LogP contribution in [-0.2, 0) is 4.79 Å². The summed E-state index contributed by atoms with van der Waals surface area (Å²) in [4.78, 5) is 11.1. The van der Waals surface area contributed by atoms with Crippen molar-refractivity contribution in [1.29, 1.82) is 0 Å². The molecule has 0 aliphatic rings. The van der Waals surface area contributed by atoms with Crippen LogP contribution in [0.2, 0.25) is 0 Å². The largest absolute Gasteiger partial charge is 0.491 e. The predicted octanol–water partition coefficient (Wildman–Crippen LogP) is 0.939. The summed E-state index contributed by atoms with van der Waals surface area (Å²) in [7, 11) is 1.56. The monoisotopic (exact) mass is 310 g/mol. The van der Waals surface area contributed by atoms with E-state index in [1.807, 2.05) is 20.8 Å². The van der Waals surface area contributed by atoms with Gasteiger partial charge in [-0.25, -0.2) is 0 Å². The molecule has 0 radical (unpaired) electrons. The van der Waals surface area contributed by atoms with Crippen LogP contribution in [0.3, 0.4) is 0 Å². The molecule has 0 saturated heterocycles. The van der Waals surface area contributed by atoms with Crippen LogP contribution in [0, 0.1) is 0 Å². The highest BCUT2D eigenvalue weighted by Gasteiger charge is 2.12. The summed E-state index contributed by atoms with van der Waals surface area (Å²) in [6, 6.07) is 6.92. The Labute approximate surface area is 131 Å². The fourth-order valence-corrected chi connectivity index (χ4v) is 1.53. The molecule has 124 valence electrons. The van der Waals surface area contributed by atoms with Crippen LogP contribution in [-0.4, -0.2) is 49.5 Å². The number of β-amino-alcohol motifs (C(OH)–C–C–N with tert-alkyl or cyclic N) is 1. The van der Waals surface area contributed by atoms with E-state index < -0.39 is 6.10 Å². The van der Waals surface area contributed by atoms with Crippen molar-refractivity contribution >= 4 is 5.91 Å². The lowest BCUT2D eigenvalue weighted by atomic mass is 10.1. The van der Waals surface area contributed by atoms with Crippen molar-refractivity contribution in [3.8, 4) is 11.5 Å². The highest BCUT2D eigenvalue weighted by atomic mass is 16.5. The minimum Gasteiger partial charge on any atom is -0.491 e. The number of ether oxygens (including phenoxy) is 2. The van der Waals surface area contributed by atoms with E-state index in [9.17, 15) is 9.90 Å². The van der Waals surface area contributed by atoms with Crippen LogP contribution in [0.15, 0.2) is 24.3 Å². The zero-order valence-electron chi connectivity index (χ0n) is 13.7. The average molecular weight is 310 g/mol. The number of hydrogen-bond donors (Lipinski definition) is 3. The van der Waals surface area contributed by atoms with E-state index in [1.54, 1.807) is 31.3 Å². The first-order valence-electron chi connectivity index (χ1n) is 7.29. The highest BCUT2D eigenvalue weighted by Crippen LogP contribution is 2.17. The Morgan fingerprint density at radius 1 is 1.18 bits per heavy atom. The van der Waals surface area contributed by atoms with E-state index in [2.05, 4.69) is 10.6 Å². The minimum atomic E-state index is -0.580. The Kier molecular flexibility index (Phi) is 7.14. The van der Waals surface area contributed by atoms with Gasteiger partial charge >= 0.3 is 0 Å². The summed E-state index contributed by atoms with van der Waals surface area (Å²) in [6.07, 6.45) is -0.580. The molecule has 1 atom stereocenters. The number of carbonyl (C=O) groups excluding carboxylic acids is 1.